The standard InChI is InChI=1S/C14H14ClNO4/c1-9(13(18)19)7-12(17)20-14(5-2-6-14)11-4-3-10(15)8-16-11/h3-4,8H,1-2,5-7H2,(H,18,19). The topological polar surface area (TPSA) is 76.5 Å². The molecule has 0 atom stereocenters. The molecule has 1 aliphatic rings. The minimum absolute atomic E-state index is 0.187. The molecule has 0 bridgehead atoms. The van der Waals surface area contributed by atoms with E-state index in [1.54, 1.807) is 12.1 Å². The van der Waals surface area contributed by atoms with Gasteiger partial charge in [-0.3, -0.25) is 9.78 Å². The third-order valence-corrected chi connectivity index (χ3v) is 3.55. The van der Waals surface area contributed by atoms with E-state index in [4.69, 9.17) is 21.4 Å². The zero-order chi connectivity index (χ0) is 14.8. The normalized spacial score (nSPS) is 16.1. The lowest BCUT2D eigenvalue weighted by Crippen LogP contribution is -2.40. The number of rotatable bonds is 5. The van der Waals surface area contributed by atoms with Crippen molar-refractivity contribution in [2.75, 3.05) is 0 Å². The Balaban J connectivity index is 2.08. The van der Waals surface area contributed by atoms with Crippen molar-refractivity contribution >= 4 is 23.5 Å². The van der Waals surface area contributed by atoms with Crippen LogP contribution in [0, 0.1) is 0 Å². The zero-order valence-corrected chi connectivity index (χ0v) is 11.5. The highest BCUT2D eigenvalue weighted by atomic mass is 35.5. The molecule has 2 rings (SSSR count). The second kappa shape index (κ2) is 5.63. The number of carbonyl (C=O) groups excluding carboxylic acids is 1. The van der Waals surface area contributed by atoms with Crippen molar-refractivity contribution in [1.82, 2.24) is 4.98 Å². The summed E-state index contributed by atoms with van der Waals surface area (Å²) in [5, 5.41) is 9.22. The van der Waals surface area contributed by atoms with Crippen LogP contribution in [0.25, 0.3) is 0 Å². The lowest BCUT2D eigenvalue weighted by molar-refractivity contribution is -0.172. The van der Waals surface area contributed by atoms with Gasteiger partial charge < -0.3 is 9.84 Å². The van der Waals surface area contributed by atoms with E-state index in [0.29, 0.717) is 23.6 Å². The first-order valence-corrected chi connectivity index (χ1v) is 6.56. The molecule has 0 saturated heterocycles. The lowest BCUT2D eigenvalue weighted by Gasteiger charge is -2.40. The Morgan fingerprint density at radius 3 is 2.60 bits per heavy atom. The number of ether oxygens (including phenoxy) is 1. The number of aromatic nitrogens is 1. The second-order valence-electron chi connectivity index (χ2n) is 4.77. The van der Waals surface area contributed by atoms with Crippen LogP contribution in [0.2, 0.25) is 5.02 Å². The number of esters is 1. The number of hydrogen-bond acceptors (Lipinski definition) is 4. The highest BCUT2D eigenvalue weighted by Gasteiger charge is 2.44. The van der Waals surface area contributed by atoms with Gasteiger partial charge in [0.1, 0.15) is 0 Å². The summed E-state index contributed by atoms with van der Waals surface area (Å²) in [5.41, 5.74) is -0.295. The molecule has 20 heavy (non-hydrogen) atoms. The fraction of sp³-hybridized carbons (Fsp3) is 0.357. The van der Waals surface area contributed by atoms with Crippen LogP contribution in [0.3, 0.4) is 0 Å². The maximum absolute atomic E-state index is 11.8. The van der Waals surface area contributed by atoms with Gasteiger partial charge in [-0.2, -0.15) is 0 Å². The van der Waals surface area contributed by atoms with Gasteiger partial charge in [-0.15, -0.1) is 0 Å². The molecule has 1 fully saturated rings. The number of carboxylic acids is 1. The summed E-state index contributed by atoms with van der Waals surface area (Å²) in [5.74, 6) is -1.80. The predicted octanol–water partition coefficient (Wildman–Crippen LogP) is 2.69. The molecule has 106 valence electrons. The van der Waals surface area contributed by atoms with Crippen LogP contribution >= 0.6 is 11.6 Å². The average Bonchev–Trinajstić information content (AvgIpc) is 2.35. The maximum Gasteiger partial charge on any atom is 0.331 e. The molecule has 0 amide bonds. The first-order valence-electron chi connectivity index (χ1n) is 6.18. The van der Waals surface area contributed by atoms with Crippen molar-refractivity contribution in [3.8, 4) is 0 Å². The van der Waals surface area contributed by atoms with Crippen molar-refractivity contribution < 1.29 is 19.4 Å². The third-order valence-electron chi connectivity index (χ3n) is 3.32. The molecular formula is C14H14ClNO4. The van der Waals surface area contributed by atoms with E-state index < -0.39 is 17.5 Å². The van der Waals surface area contributed by atoms with Crippen LogP contribution in [0.4, 0.5) is 0 Å². The average molecular weight is 296 g/mol. The number of nitrogens with zero attached hydrogens (tertiary/aromatic N) is 1. The van der Waals surface area contributed by atoms with Crippen LogP contribution < -0.4 is 0 Å². The van der Waals surface area contributed by atoms with E-state index in [0.717, 1.165) is 6.42 Å². The summed E-state index contributed by atoms with van der Waals surface area (Å²) in [4.78, 5) is 26.7. The van der Waals surface area contributed by atoms with Crippen molar-refractivity contribution in [3.63, 3.8) is 0 Å². The molecule has 0 spiro atoms. The van der Waals surface area contributed by atoms with Gasteiger partial charge in [0, 0.05) is 11.8 Å². The smallest absolute Gasteiger partial charge is 0.331 e. The summed E-state index contributed by atoms with van der Waals surface area (Å²) in [6, 6.07) is 3.41. The first kappa shape index (κ1) is 14.5. The Kier molecular flexibility index (Phi) is 4.09. The number of carboxylic acid groups (broad SMARTS) is 1. The Labute approximate surface area is 121 Å². The minimum atomic E-state index is -1.20. The van der Waals surface area contributed by atoms with Crippen molar-refractivity contribution in [3.05, 3.63) is 41.2 Å². The Hall–Kier alpha value is -1.88. The van der Waals surface area contributed by atoms with E-state index in [-0.39, 0.29) is 12.0 Å². The fourth-order valence-electron chi connectivity index (χ4n) is 2.06. The summed E-state index contributed by atoms with van der Waals surface area (Å²) in [6.07, 6.45) is 3.45. The van der Waals surface area contributed by atoms with Crippen LogP contribution in [0.15, 0.2) is 30.5 Å². The number of pyridine rings is 1. The molecule has 0 unspecified atom stereocenters. The van der Waals surface area contributed by atoms with E-state index >= 15 is 0 Å². The minimum Gasteiger partial charge on any atom is -0.478 e. The summed E-state index contributed by atoms with van der Waals surface area (Å²) in [6.45, 7) is 3.32. The Morgan fingerprint density at radius 1 is 1.45 bits per heavy atom. The van der Waals surface area contributed by atoms with E-state index in [1.807, 2.05) is 0 Å². The van der Waals surface area contributed by atoms with Crippen LogP contribution in [0.5, 0.6) is 0 Å². The summed E-state index contributed by atoms with van der Waals surface area (Å²) < 4.78 is 5.45. The quantitative estimate of drug-likeness (QED) is 0.667. The van der Waals surface area contributed by atoms with Gasteiger partial charge in [0.2, 0.25) is 0 Å². The zero-order valence-electron chi connectivity index (χ0n) is 10.8. The summed E-state index contributed by atoms with van der Waals surface area (Å²) in [7, 11) is 0. The molecule has 1 aromatic rings. The molecule has 5 nitrogen and oxygen atoms in total. The first-order chi connectivity index (χ1) is 9.43. The molecule has 1 aromatic heterocycles. The molecular weight excluding hydrogens is 282 g/mol. The molecule has 0 aliphatic heterocycles. The van der Waals surface area contributed by atoms with Gasteiger partial charge in [0.15, 0.2) is 5.60 Å². The molecule has 0 aromatic carbocycles. The second-order valence-corrected chi connectivity index (χ2v) is 5.21. The van der Waals surface area contributed by atoms with E-state index in [9.17, 15) is 9.59 Å². The number of aliphatic carboxylic acids is 1. The number of halogens is 1. The fourth-order valence-corrected chi connectivity index (χ4v) is 2.17. The van der Waals surface area contributed by atoms with Crippen LogP contribution in [-0.2, 0) is 19.9 Å². The highest BCUT2D eigenvalue weighted by molar-refractivity contribution is 6.30. The van der Waals surface area contributed by atoms with Crippen LogP contribution in [-0.4, -0.2) is 22.0 Å². The number of carbonyl (C=O) groups is 2. The maximum atomic E-state index is 11.8. The molecule has 1 heterocycles. The molecule has 1 aliphatic carbocycles. The van der Waals surface area contributed by atoms with Gasteiger partial charge in [0.05, 0.1) is 17.1 Å². The predicted molar refractivity (Wildman–Crippen MR) is 72.3 cm³/mol. The molecule has 6 heteroatoms. The van der Waals surface area contributed by atoms with Gasteiger partial charge in [-0.05, 0) is 31.4 Å². The van der Waals surface area contributed by atoms with Gasteiger partial charge in [0.25, 0.3) is 0 Å². The van der Waals surface area contributed by atoms with E-state index in [1.165, 1.54) is 6.20 Å². The largest absolute Gasteiger partial charge is 0.478 e. The summed E-state index contributed by atoms with van der Waals surface area (Å²) >= 11 is 5.79. The Morgan fingerprint density at radius 2 is 2.15 bits per heavy atom. The molecule has 1 N–H and O–H groups in total. The molecule has 0 radical (unpaired) electrons. The van der Waals surface area contributed by atoms with Gasteiger partial charge in [-0.25, -0.2) is 4.79 Å². The third kappa shape index (κ3) is 2.99. The van der Waals surface area contributed by atoms with Gasteiger partial charge >= 0.3 is 11.9 Å². The SMILES string of the molecule is C=C(CC(=O)OC1(c2ccc(Cl)cn2)CCC1)C(=O)O. The van der Waals surface area contributed by atoms with Gasteiger partial charge in [-0.1, -0.05) is 18.2 Å². The van der Waals surface area contributed by atoms with Crippen molar-refractivity contribution in [1.29, 1.82) is 0 Å². The Bertz CT molecular complexity index is 549. The lowest BCUT2D eigenvalue weighted by atomic mass is 9.77. The van der Waals surface area contributed by atoms with Crippen molar-refractivity contribution in [2.24, 2.45) is 0 Å². The van der Waals surface area contributed by atoms with Crippen molar-refractivity contribution in [2.45, 2.75) is 31.3 Å². The monoisotopic (exact) mass is 295 g/mol. The number of hydrogen-bond donors (Lipinski definition) is 1. The van der Waals surface area contributed by atoms with E-state index in [2.05, 4.69) is 11.6 Å². The molecule has 1 saturated carbocycles. The van der Waals surface area contributed by atoms with Crippen LogP contribution in [0.1, 0.15) is 31.4 Å². The highest BCUT2D eigenvalue weighted by Crippen LogP contribution is 2.44.